The van der Waals surface area contributed by atoms with Crippen LogP contribution in [-0.4, -0.2) is 32.5 Å². The zero-order valence-electron chi connectivity index (χ0n) is 15.1. The van der Waals surface area contributed by atoms with Crippen LogP contribution < -0.4 is 9.47 Å². The van der Waals surface area contributed by atoms with Gasteiger partial charge in [0.15, 0.2) is 11.5 Å². The van der Waals surface area contributed by atoms with Crippen molar-refractivity contribution in [3.63, 3.8) is 0 Å². The van der Waals surface area contributed by atoms with Crippen LogP contribution in [0.15, 0.2) is 41.3 Å². The smallest absolute Gasteiger partial charge is 0.243 e. The molecule has 0 spiro atoms. The van der Waals surface area contributed by atoms with Crippen LogP contribution in [0.4, 0.5) is 0 Å². The van der Waals surface area contributed by atoms with Gasteiger partial charge in [-0.15, -0.1) is 0 Å². The molecule has 0 bridgehead atoms. The molecule has 0 aromatic heterocycles. The lowest BCUT2D eigenvalue weighted by atomic mass is 10.0. The Morgan fingerprint density at radius 3 is 2.50 bits per heavy atom. The van der Waals surface area contributed by atoms with Crippen LogP contribution in [0.2, 0.25) is 0 Å². The first-order chi connectivity index (χ1) is 12.5. The highest BCUT2D eigenvalue weighted by Gasteiger charge is 2.36. The van der Waals surface area contributed by atoms with Crippen molar-refractivity contribution < 1.29 is 17.9 Å². The summed E-state index contributed by atoms with van der Waals surface area (Å²) in [5.74, 6) is 1.42. The van der Waals surface area contributed by atoms with Crippen LogP contribution >= 0.6 is 0 Å². The molecule has 2 aliphatic rings. The number of benzene rings is 2. The molecule has 2 aromatic carbocycles. The number of ether oxygens (including phenoxy) is 2. The summed E-state index contributed by atoms with van der Waals surface area (Å²) in [6, 6.07) is 10.9. The molecule has 0 unspecified atom stereocenters. The summed E-state index contributed by atoms with van der Waals surface area (Å²) in [7, 11) is -3.54. The van der Waals surface area contributed by atoms with Gasteiger partial charge in [-0.05, 0) is 67.6 Å². The number of sulfonamides is 1. The fraction of sp³-hybridized carbons (Fsp3) is 0.400. The maximum Gasteiger partial charge on any atom is 0.243 e. The van der Waals surface area contributed by atoms with Crippen LogP contribution in [-0.2, 0) is 10.0 Å². The van der Waals surface area contributed by atoms with Gasteiger partial charge in [0.05, 0.1) is 10.9 Å². The van der Waals surface area contributed by atoms with Gasteiger partial charge in [0.1, 0.15) is 13.2 Å². The Morgan fingerprint density at radius 2 is 1.73 bits per heavy atom. The summed E-state index contributed by atoms with van der Waals surface area (Å²) in [5.41, 5.74) is 3.04. The van der Waals surface area contributed by atoms with E-state index >= 15 is 0 Å². The first kappa shape index (κ1) is 17.4. The number of hydrogen-bond acceptors (Lipinski definition) is 4. The molecule has 5 nitrogen and oxygen atoms in total. The van der Waals surface area contributed by atoms with E-state index in [0.717, 1.165) is 35.3 Å². The lowest BCUT2D eigenvalue weighted by molar-refractivity contribution is 0.171. The molecule has 4 rings (SSSR count). The molecule has 1 saturated heterocycles. The Balaban J connectivity index is 1.69. The normalized spacial score (nSPS) is 20.3. The molecular weight excluding hydrogens is 350 g/mol. The van der Waals surface area contributed by atoms with Gasteiger partial charge < -0.3 is 9.47 Å². The van der Waals surface area contributed by atoms with E-state index in [2.05, 4.69) is 0 Å². The minimum Gasteiger partial charge on any atom is -0.486 e. The zero-order valence-corrected chi connectivity index (χ0v) is 15.9. The van der Waals surface area contributed by atoms with Gasteiger partial charge >= 0.3 is 0 Å². The number of hydrogen-bond donors (Lipinski definition) is 0. The van der Waals surface area contributed by atoms with E-state index in [1.807, 2.05) is 38.1 Å². The second kappa shape index (κ2) is 6.59. The SMILES string of the molecule is Cc1ccc(S(=O)(=O)N2CCC[C@H]2c2ccc3c(c2)OCCO3)cc1C. The van der Waals surface area contributed by atoms with Crippen molar-refractivity contribution in [2.45, 2.75) is 37.6 Å². The molecule has 2 aromatic rings. The quantitative estimate of drug-likeness (QED) is 0.825. The average molecular weight is 373 g/mol. The summed E-state index contributed by atoms with van der Waals surface area (Å²) in [5, 5.41) is 0. The van der Waals surface area contributed by atoms with Crippen molar-refractivity contribution in [3.8, 4) is 11.5 Å². The van der Waals surface area contributed by atoms with Crippen LogP contribution in [0.25, 0.3) is 0 Å². The Hall–Kier alpha value is -2.05. The van der Waals surface area contributed by atoms with E-state index in [9.17, 15) is 8.42 Å². The first-order valence-electron chi connectivity index (χ1n) is 8.95. The Kier molecular flexibility index (Phi) is 4.40. The van der Waals surface area contributed by atoms with Crippen molar-refractivity contribution in [1.29, 1.82) is 0 Å². The Bertz CT molecular complexity index is 939. The summed E-state index contributed by atoms with van der Waals surface area (Å²) in [6.45, 7) is 5.53. The van der Waals surface area contributed by atoms with Gasteiger partial charge in [-0.25, -0.2) is 8.42 Å². The third-order valence-corrected chi connectivity index (χ3v) is 7.14. The summed E-state index contributed by atoms with van der Waals surface area (Å²) >= 11 is 0. The van der Waals surface area contributed by atoms with Crippen molar-refractivity contribution in [2.75, 3.05) is 19.8 Å². The number of aryl methyl sites for hydroxylation is 2. The minimum atomic E-state index is -3.54. The molecule has 0 N–H and O–H groups in total. The van der Waals surface area contributed by atoms with E-state index in [0.29, 0.717) is 30.4 Å². The summed E-state index contributed by atoms with van der Waals surface area (Å²) in [6.07, 6.45) is 1.66. The number of rotatable bonds is 3. The van der Waals surface area contributed by atoms with E-state index < -0.39 is 10.0 Å². The summed E-state index contributed by atoms with van der Waals surface area (Å²) < 4.78 is 39.3. The molecule has 2 aliphatic heterocycles. The molecule has 0 radical (unpaired) electrons. The molecule has 1 atom stereocenters. The molecule has 26 heavy (non-hydrogen) atoms. The van der Waals surface area contributed by atoms with Gasteiger partial charge in [0, 0.05) is 6.54 Å². The third-order valence-electron chi connectivity index (χ3n) is 5.24. The fourth-order valence-corrected chi connectivity index (χ4v) is 5.41. The lowest BCUT2D eigenvalue weighted by Crippen LogP contribution is -2.31. The Morgan fingerprint density at radius 1 is 0.962 bits per heavy atom. The molecule has 0 amide bonds. The van der Waals surface area contributed by atoms with Crippen molar-refractivity contribution in [3.05, 3.63) is 53.1 Å². The summed E-state index contributed by atoms with van der Waals surface area (Å²) in [4.78, 5) is 0.366. The van der Waals surface area contributed by atoms with E-state index in [1.54, 1.807) is 16.4 Å². The predicted molar refractivity (Wildman–Crippen MR) is 99.2 cm³/mol. The molecule has 138 valence electrons. The fourth-order valence-electron chi connectivity index (χ4n) is 3.64. The van der Waals surface area contributed by atoms with E-state index in [-0.39, 0.29) is 6.04 Å². The maximum absolute atomic E-state index is 13.2. The van der Waals surface area contributed by atoms with Gasteiger partial charge in [0.25, 0.3) is 0 Å². The van der Waals surface area contributed by atoms with Crippen molar-refractivity contribution in [1.82, 2.24) is 4.31 Å². The monoisotopic (exact) mass is 373 g/mol. The van der Waals surface area contributed by atoms with E-state index in [4.69, 9.17) is 9.47 Å². The zero-order chi connectivity index (χ0) is 18.3. The van der Waals surface area contributed by atoms with Gasteiger partial charge in [-0.2, -0.15) is 4.31 Å². The second-order valence-electron chi connectivity index (χ2n) is 6.92. The van der Waals surface area contributed by atoms with Crippen LogP contribution in [0.1, 0.15) is 35.6 Å². The Labute approximate surface area is 154 Å². The third kappa shape index (κ3) is 2.97. The minimum absolute atomic E-state index is 0.169. The molecule has 2 heterocycles. The van der Waals surface area contributed by atoms with Crippen LogP contribution in [0.5, 0.6) is 11.5 Å². The topological polar surface area (TPSA) is 55.8 Å². The van der Waals surface area contributed by atoms with Crippen molar-refractivity contribution in [2.24, 2.45) is 0 Å². The highest BCUT2D eigenvalue weighted by atomic mass is 32.2. The maximum atomic E-state index is 13.2. The first-order valence-corrected chi connectivity index (χ1v) is 10.4. The van der Waals surface area contributed by atoms with Crippen LogP contribution in [0, 0.1) is 13.8 Å². The van der Waals surface area contributed by atoms with Gasteiger partial charge in [0.2, 0.25) is 10.0 Å². The van der Waals surface area contributed by atoms with Crippen LogP contribution in [0.3, 0.4) is 0 Å². The molecule has 6 heteroatoms. The van der Waals surface area contributed by atoms with Gasteiger partial charge in [-0.1, -0.05) is 12.1 Å². The standard InChI is InChI=1S/C20H23NO4S/c1-14-5-7-17(12-15(14)2)26(22,23)21-9-3-4-18(21)16-6-8-19-20(13-16)25-11-10-24-19/h5-8,12-13,18H,3-4,9-11H2,1-2H3/t18-/m0/s1. The highest BCUT2D eigenvalue weighted by molar-refractivity contribution is 7.89. The largest absolute Gasteiger partial charge is 0.486 e. The average Bonchev–Trinajstić information content (AvgIpc) is 3.14. The molecule has 0 aliphatic carbocycles. The van der Waals surface area contributed by atoms with Crippen molar-refractivity contribution >= 4 is 10.0 Å². The second-order valence-corrected chi connectivity index (χ2v) is 8.81. The number of fused-ring (bicyclic) bond motifs is 1. The lowest BCUT2D eigenvalue weighted by Gasteiger charge is -2.26. The molecular formula is C20H23NO4S. The number of nitrogens with zero attached hydrogens (tertiary/aromatic N) is 1. The van der Waals surface area contributed by atoms with Gasteiger partial charge in [-0.3, -0.25) is 0 Å². The predicted octanol–water partition coefficient (Wildman–Crippen LogP) is 3.60. The molecule has 1 fully saturated rings. The molecule has 0 saturated carbocycles. The van der Waals surface area contributed by atoms with E-state index in [1.165, 1.54) is 0 Å². The highest BCUT2D eigenvalue weighted by Crippen LogP contribution is 2.40.